The van der Waals surface area contributed by atoms with Crippen LogP contribution in [-0.2, 0) is 0 Å². The second kappa shape index (κ2) is 7.85. The van der Waals surface area contributed by atoms with E-state index in [0.29, 0.717) is 0 Å². The van der Waals surface area contributed by atoms with Crippen LogP contribution >= 0.6 is 47.9 Å². The summed E-state index contributed by atoms with van der Waals surface area (Å²) < 4.78 is 0. The third-order valence-corrected chi connectivity index (χ3v) is 8.86. The third kappa shape index (κ3) is 5.30. The highest BCUT2D eigenvalue weighted by molar-refractivity contribution is 8.08. The quantitative estimate of drug-likeness (QED) is 0.459. The van der Waals surface area contributed by atoms with Gasteiger partial charge in [-0.25, -0.2) is 0 Å². The standard InChI is InChI=1S/C8H18S4Si/c9-1-2-10-3-7-4-12-8(6-13)5-11-7/h7-9H,1-6H2,13H3. The summed E-state index contributed by atoms with van der Waals surface area (Å²) in [6.07, 6.45) is 0. The Labute approximate surface area is 103 Å². The highest BCUT2D eigenvalue weighted by atomic mass is 32.2. The molecule has 0 aliphatic carbocycles. The van der Waals surface area contributed by atoms with Crippen molar-refractivity contribution in [2.24, 2.45) is 0 Å². The Morgan fingerprint density at radius 1 is 1.31 bits per heavy atom. The Bertz CT molecular complexity index is 123. The third-order valence-electron chi connectivity index (χ3n) is 2.03. The molecular weight excluding hydrogens is 252 g/mol. The fraction of sp³-hybridized carbons (Fsp3) is 1.00. The molecule has 0 radical (unpaired) electrons. The van der Waals surface area contributed by atoms with Gasteiger partial charge in [-0.2, -0.15) is 47.9 Å². The Balaban J connectivity index is 2.03. The molecule has 0 spiro atoms. The van der Waals surface area contributed by atoms with Crippen molar-refractivity contribution in [1.29, 1.82) is 0 Å². The summed E-state index contributed by atoms with van der Waals surface area (Å²) in [6, 6.07) is 1.48. The van der Waals surface area contributed by atoms with Crippen LogP contribution in [0.15, 0.2) is 0 Å². The van der Waals surface area contributed by atoms with Crippen molar-refractivity contribution < 1.29 is 0 Å². The number of thioether (sulfide) groups is 3. The molecule has 0 aromatic rings. The maximum absolute atomic E-state index is 4.22. The van der Waals surface area contributed by atoms with E-state index >= 15 is 0 Å². The summed E-state index contributed by atoms with van der Waals surface area (Å²) in [6.45, 7) is 0. The predicted octanol–water partition coefficient (Wildman–Crippen LogP) is 1.65. The first-order valence-electron chi connectivity index (χ1n) is 4.78. The molecule has 0 N–H and O–H groups in total. The van der Waals surface area contributed by atoms with Crippen LogP contribution in [0.2, 0.25) is 6.04 Å². The summed E-state index contributed by atoms with van der Waals surface area (Å²) in [5, 5.41) is 1.90. The van der Waals surface area contributed by atoms with Crippen LogP contribution in [0.25, 0.3) is 0 Å². The van der Waals surface area contributed by atoms with Crippen molar-refractivity contribution in [3.8, 4) is 0 Å². The second-order valence-corrected chi connectivity index (χ2v) is 8.20. The molecule has 1 fully saturated rings. The van der Waals surface area contributed by atoms with Gasteiger partial charge in [-0.05, 0) is 5.75 Å². The van der Waals surface area contributed by atoms with Crippen LogP contribution in [0.4, 0.5) is 0 Å². The molecule has 1 aliphatic rings. The van der Waals surface area contributed by atoms with E-state index in [9.17, 15) is 0 Å². The molecule has 1 saturated heterocycles. The molecule has 5 heteroatoms. The van der Waals surface area contributed by atoms with E-state index in [1.165, 1.54) is 39.3 Å². The SMILES string of the molecule is [SiH3]CC1CSC(CSCCS)CS1. The van der Waals surface area contributed by atoms with E-state index in [2.05, 4.69) is 47.9 Å². The van der Waals surface area contributed by atoms with Gasteiger partial charge in [0.1, 0.15) is 0 Å². The number of hydrogen-bond acceptors (Lipinski definition) is 4. The van der Waals surface area contributed by atoms with Gasteiger partial charge in [0.05, 0.1) is 0 Å². The van der Waals surface area contributed by atoms with Crippen LogP contribution in [-0.4, -0.2) is 49.5 Å². The molecule has 1 aliphatic heterocycles. The molecule has 0 amide bonds. The van der Waals surface area contributed by atoms with Crippen LogP contribution in [0.3, 0.4) is 0 Å². The zero-order valence-corrected chi connectivity index (χ0v) is 13.4. The Morgan fingerprint density at radius 2 is 2.00 bits per heavy atom. The fourth-order valence-electron chi connectivity index (χ4n) is 1.19. The lowest BCUT2D eigenvalue weighted by Gasteiger charge is -2.26. The Kier molecular flexibility index (Phi) is 7.66. The average molecular weight is 271 g/mol. The molecule has 1 rings (SSSR count). The number of thiol groups is 1. The summed E-state index contributed by atoms with van der Waals surface area (Å²) in [5.74, 6) is 6.37. The summed E-state index contributed by atoms with van der Waals surface area (Å²) in [4.78, 5) is 0. The zero-order valence-electron chi connectivity index (χ0n) is 8.07. The van der Waals surface area contributed by atoms with Crippen molar-refractivity contribution in [1.82, 2.24) is 0 Å². The van der Waals surface area contributed by atoms with Crippen LogP contribution in [0.5, 0.6) is 0 Å². The van der Waals surface area contributed by atoms with Crippen LogP contribution < -0.4 is 0 Å². The lowest BCUT2D eigenvalue weighted by atomic mass is 10.5. The van der Waals surface area contributed by atoms with Crippen LogP contribution in [0.1, 0.15) is 0 Å². The lowest BCUT2D eigenvalue weighted by molar-refractivity contribution is 1.05. The van der Waals surface area contributed by atoms with Crippen molar-refractivity contribution in [3.05, 3.63) is 0 Å². The molecular formula is C8H18S4Si. The maximum Gasteiger partial charge on any atom is 0.0229 e. The van der Waals surface area contributed by atoms with Gasteiger partial charge in [0.25, 0.3) is 0 Å². The number of rotatable bonds is 5. The lowest BCUT2D eigenvalue weighted by Crippen LogP contribution is -2.22. The van der Waals surface area contributed by atoms with Gasteiger partial charge in [0, 0.05) is 43.8 Å². The molecule has 0 saturated carbocycles. The Morgan fingerprint density at radius 3 is 2.54 bits per heavy atom. The largest absolute Gasteiger partial charge is 0.179 e. The van der Waals surface area contributed by atoms with Crippen molar-refractivity contribution >= 4 is 58.2 Å². The van der Waals surface area contributed by atoms with E-state index in [1.807, 2.05) is 0 Å². The van der Waals surface area contributed by atoms with Gasteiger partial charge < -0.3 is 0 Å². The average Bonchev–Trinajstić information content (AvgIpc) is 2.19. The van der Waals surface area contributed by atoms with Gasteiger partial charge in [0.2, 0.25) is 0 Å². The smallest absolute Gasteiger partial charge is 0.0229 e. The first-order valence-corrected chi connectivity index (χ1v) is 10.1. The Hall–Kier alpha value is 1.62. The minimum Gasteiger partial charge on any atom is -0.179 e. The molecule has 2 atom stereocenters. The van der Waals surface area contributed by atoms with Gasteiger partial charge in [-0.1, -0.05) is 6.04 Å². The summed E-state index contributed by atoms with van der Waals surface area (Å²) in [7, 11) is 1.38. The van der Waals surface area contributed by atoms with E-state index in [4.69, 9.17) is 0 Å². The van der Waals surface area contributed by atoms with Gasteiger partial charge >= 0.3 is 0 Å². The van der Waals surface area contributed by atoms with E-state index in [1.54, 1.807) is 0 Å². The maximum atomic E-state index is 4.22. The predicted molar refractivity (Wildman–Crippen MR) is 78.4 cm³/mol. The monoisotopic (exact) mass is 270 g/mol. The molecule has 2 unspecified atom stereocenters. The summed E-state index contributed by atoms with van der Waals surface area (Å²) >= 11 is 10.7. The molecule has 0 aromatic carbocycles. The fourth-order valence-corrected chi connectivity index (χ4v) is 7.30. The van der Waals surface area contributed by atoms with Crippen LogP contribution in [0, 0.1) is 0 Å². The van der Waals surface area contributed by atoms with E-state index in [-0.39, 0.29) is 0 Å². The molecule has 78 valence electrons. The van der Waals surface area contributed by atoms with Crippen molar-refractivity contribution in [2.75, 3.05) is 28.8 Å². The zero-order chi connectivity index (χ0) is 9.52. The molecule has 1 heterocycles. The minimum atomic E-state index is 0.916. The first-order chi connectivity index (χ1) is 6.36. The topological polar surface area (TPSA) is 0 Å². The molecule has 0 aromatic heterocycles. The number of hydrogen-bond donors (Lipinski definition) is 1. The first kappa shape index (κ1) is 12.7. The highest BCUT2D eigenvalue weighted by Gasteiger charge is 2.20. The minimum absolute atomic E-state index is 0.916. The molecule has 0 bridgehead atoms. The van der Waals surface area contributed by atoms with Gasteiger partial charge in [-0.3, -0.25) is 0 Å². The van der Waals surface area contributed by atoms with Gasteiger partial charge in [0.15, 0.2) is 0 Å². The second-order valence-electron chi connectivity index (χ2n) is 3.12. The molecule has 13 heavy (non-hydrogen) atoms. The highest BCUT2D eigenvalue weighted by Crippen LogP contribution is 2.32. The van der Waals surface area contributed by atoms with Crippen molar-refractivity contribution in [3.63, 3.8) is 0 Å². The van der Waals surface area contributed by atoms with Gasteiger partial charge in [-0.15, -0.1) is 0 Å². The molecule has 0 nitrogen and oxygen atoms in total. The van der Waals surface area contributed by atoms with E-state index in [0.717, 1.165) is 16.3 Å². The van der Waals surface area contributed by atoms with E-state index < -0.39 is 0 Å². The normalized spacial score (nSPS) is 29.3. The van der Waals surface area contributed by atoms with Crippen molar-refractivity contribution in [2.45, 2.75) is 16.5 Å². The summed E-state index contributed by atoms with van der Waals surface area (Å²) in [5.41, 5.74) is 0.